The highest BCUT2D eigenvalue weighted by Crippen LogP contribution is 2.34. The number of amides is 2. The molecule has 2 saturated heterocycles. The lowest BCUT2D eigenvalue weighted by atomic mass is 9.81. The summed E-state index contributed by atoms with van der Waals surface area (Å²) in [5, 5.41) is 3.80. The van der Waals surface area contributed by atoms with Crippen molar-refractivity contribution in [1.29, 1.82) is 0 Å². The van der Waals surface area contributed by atoms with Crippen LogP contribution < -0.4 is 5.32 Å². The van der Waals surface area contributed by atoms with Crippen LogP contribution in [0.1, 0.15) is 30.4 Å². The lowest BCUT2D eigenvalue weighted by Gasteiger charge is -2.51. The topological polar surface area (TPSA) is 61.9 Å². The highest BCUT2D eigenvalue weighted by molar-refractivity contribution is 6.30. The Labute approximate surface area is 200 Å². The largest absolute Gasteiger partial charge is 0.385 e. The zero-order valence-electron chi connectivity index (χ0n) is 19.1. The zero-order valence-corrected chi connectivity index (χ0v) is 19.9. The summed E-state index contributed by atoms with van der Waals surface area (Å²) in [6, 6.07) is 17.2. The van der Waals surface area contributed by atoms with E-state index in [0.717, 1.165) is 30.2 Å². The van der Waals surface area contributed by atoms with Crippen molar-refractivity contribution in [3.05, 3.63) is 70.7 Å². The van der Waals surface area contributed by atoms with Gasteiger partial charge >= 0.3 is 0 Å². The normalized spacial score (nSPS) is 20.8. The van der Waals surface area contributed by atoms with Gasteiger partial charge in [-0.15, -0.1) is 0 Å². The molecule has 0 radical (unpaired) electrons. The van der Waals surface area contributed by atoms with Gasteiger partial charge in [0.25, 0.3) is 0 Å². The monoisotopic (exact) mass is 469 g/mol. The molecule has 2 aromatic rings. The Bertz CT molecular complexity index is 943. The molecule has 0 bridgehead atoms. The third kappa shape index (κ3) is 5.40. The predicted octanol–water partition coefficient (Wildman–Crippen LogP) is 3.28. The van der Waals surface area contributed by atoms with E-state index < -0.39 is 11.6 Å². The van der Waals surface area contributed by atoms with Crippen LogP contribution in [0, 0.1) is 0 Å². The van der Waals surface area contributed by atoms with Crippen LogP contribution in [-0.2, 0) is 27.3 Å². The summed E-state index contributed by atoms with van der Waals surface area (Å²) in [7, 11) is 1.66. The van der Waals surface area contributed by atoms with Crippen LogP contribution in [0.4, 0.5) is 0 Å². The fourth-order valence-corrected chi connectivity index (χ4v) is 5.11. The Morgan fingerprint density at radius 1 is 1.03 bits per heavy atom. The van der Waals surface area contributed by atoms with Gasteiger partial charge in [-0.3, -0.25) is 14.5 Å². The summed E-state index contributed by atoms with van der Waals surface area (Å²) in [5.41, 5.74) is 1.45. The number of benzene rings is 2. The quantitative estimate of drug-likeness (QED) is 0.603. The number of nitrogens with zero attached hydrogens (tertiary/aromatic N) is 2. The van der Waals surface area contributed by atoms with Gasteiger partial charge < -0.3 is 15.0 Å². The Kier molecular flexibility index (Phi) is 7.68. The zero-order chi connectivity index (χ0) is 23.3. The van der Waals surface area contributed by atoms with Crippen molar-refractivity contribution in [2.24, 2.45) is 0 Å². The van der Waals surface area contributed by atoms with Crippen molar-refractivity contribution in [3.63, 3.8) is 0 Å². The first-order valence-electron chi connectivity index (χ1n) is 11.6. The average Bonchev–Trinajstić information content (AvgIpc) is 2.83. The van der Waals surface area contributed by atoms with E-state index in [4.69, 9.17) is 16.3 Å². The fourth-order valence-electron chi connectivity index (χ4n) is 4.98. The highest BCUT2D eigenvalue weighted by Gasteiger charge is 2.53. The smallest absolute Gasteiger partial charge is 0.246 e. The van der Waals surface area contributed by atoms with Crippen LogP contribution in [0.25, 0.3) is 0 Å². The van der Waals surface area contributed by atoms with Gasteiger partial charge in [0.05, 0.1) is 0 Å². The number of piperazine rings is 1. The van der Waals surface area contributed by atoms with E-state index >= 15 is 0 Å². The molecule has 4 rings (SSSR count). The maximum absolute atomic E-state index is 13.6. The second-order valence-corrected chi connectivity index (χ2v) is 9.42. The van der Waals surface area contributed by atoms with Gasteiger partial charge in [0.2, 0.25) is 11.8 Å². The molecule has 2 heterocycles. The first-order chi connectivity index (χ1) is 16.0. The second kappa shape index (κ2) is 10.7. The number of nitrogens with one attached hydrogen (secondary N) is 1. The van der Waals surface area contributed by atoms with Crippen molar-refractivity contribution in [2.75, 3.05) is 33.4 Å². The van der Waals surface area contributed by atoms with E-state index in [0.29, 0.717) is 38.8 Å². The minimum Gasteiger partial charge on any atom is -0.385 e. The van der Waals surface area contributed by atoms with Gasteiger partial charge in [-0.2, -0.15) is 0 Å². The molecule has 1 spiro atoms. The minimum absolute atomic E-state index is 0.0145. The van der Waals surface area contributed by atoms with E-state index in [-0.39, 0.29) is 11.8 Å². The number of ether oxygens (including phenoxy) is 1. The van der Waals surface area contributed by atoms with E-state index in [1.54, 1.807) is 7.11 Å². The summed E-state index contributed by atoms with van der Waals surface area (Å²) < 4.78 is 5.23. The van der Waals surface area contributed by atoms with E-state index in [2.05, 4.69) is 10.2 Å². The molecule has 2 fully saturated rings. The molecular formula is C26H32ClN3O3. The first-order valence-corrected chi connectivity index (χ1v) is 12.0. The summed E-state index contributed by atoms with van der Waals surface area (Å²) in [4.78, 5) is 31.3. The standard InChI is InChI=1S/C26H32ClN3O3/c1-33-17-5-14-30-24(31)23(18-20-6-3-2-4-7-20)28-25(32)26(30)12-15-29(16-13-26)19-21-8-10-22(27)11-9-21/h2-4,6-11,23H,5,12-19H2,1H3,(H,28,32). The molecule has 2 aliphatic rings. The molecular weight excluding hydrogens is 438 g/mol. The molecule has 33 heavy (non-hydrogen) atoms. The number of carbonyl (C=O) groups excluding carboxylic acids is 2. The van der Waals surface area contributed by atoms with E-state index in [1.165, 1.54) is 5.56 Å². The van der Waals surface area contributed by atoms with Gasteiger partial charge in [-0.25, -0.2) is 0 Å². The number of rotatable bonds is 8. The minimum atomic E-state index is -0.783. The number of methoxy groups -OCH3 is 1. The Morgan fingerprint density at radius 3 is 2.39 bits per heavy atom. The van der Waals surface area contributed by atoms with Crippen molar-refractivity contribution < 1.29 is 14.3 Å². The number of halogens is 1. The molecule has 1 atom stereocenters. The molecule has 2 amide bonds. The van der Waals surface area contributed by atoms with Gasteiger partial charge in [-0.05, 0) is 42.5 Å². The van der Waals surface area contributed by atoms with Crippen molar-refractivity contribution in [3.8, 4) is 0 Å². The van der Waals surface area contributed by atoms with Crippen molar-refractivity contribution in [2.45, 2.75) is 43.8 Å². The van der Waals surface area contributed by atoms with Gasteiger partial charge in [0.1, 0.15) is 11.6 Å². The van der Waals surface area contributed by atoms with Crippen molar-refractivity contribution in [1.82, 2.24) is 15.1 Å². The van der Waals surface area contributed by atoms with Gasteiger partial charge in [-0.1, -0.05) is 54.1 Å². The maximum Gasteiger partial charge on any atom is 0.246 e. The molecule has 1 N–H and O–H groups in total. The molecule has 0 saturated carbocycles. The number of piperidine rings is 1. The van der Waals surface area contributed by atoms with Crippen LogP contribution >= 0.6 is 11.6 Å². The number of hydrogen-bond donors (Lipinski definition) is 1. The van der Waals surface area contributed by atoms with Crippen LogP contribution in [0.5, 0.6) is 0 Å². The Morgan fingerprint density at radius 2 is 1.73 bits per heavy atom. The van der Waals surface area contributed by atoms with Gasteiger partial charge in [0, 0.05) is 51.3 Å². The lowest BCUT2D eigenvalue weighted by Crippen LogP contribution is -2.73. The van der Waals surface area contributed by atoms with Gasteiger partial charge in [0.15, 0.2) is 0 Å². The SMILES string of the molecule is COCCCN1C(=O)C(Cc2ccccc2)NC(=O)C12CCN(Cc1ccc(Cl)cc1)CC2. The Balaban J connectivity index is 1.47. The summed E-state index contributed by atoms with van der Waals surface area (Å²) in [5.74, 6) is -0.00713. The summed E-state index contributed by atoms with van der Waals surface area (Å²) in [6.07, 6.45) is 2.47. The third-order valence-electron chi connectivity index (χ3n) is 6.82. The molecule has 0 aliphatic carbocycles. The second-order valence-electron chi connectivity index (χ2n) is 8.99. The lowest BCUT2D eigenvalue weighted by molar-refractivity contribution is -0.161. The van der Waals surface area contributed by atoms with Crippen LogP contribution in [0.3, 0.4) is 0 Å². The molecule has 1 unspecified atom stereocenters. The molecule has 7 heteroatoms. The molecule has 2 aromatic carbocycles. The fraction of sp³-hybridized carbons (Fsp3) is 0.462. The summed E-state index contributed by atoms with van der Waals surface area (Å²) >= 11 is 6.01. The number of carbonyl (C=O) groups is 2. The molecule has 0 aromatic heterocycles. The van der Waals surface area contributed by atoms with Crippen LogP contribution in [-0.4, -0.2) is 66.5 Å². The highest BCUT2D eigenvalue weighted by atomic mass is 35.5. The van der Waals surface area contributed by atoms with E-state index in [9.17, 15) is 9.59 Å². The molecule has 2 aliphatic heterocycles. The van der Waals surface area contributed by atoms with E-state index in [1.807, 2.05) is 59.5 Å². The predicted molar refractivity (Wildman–Crippen MR) is 129 cm³/mol. The Hall–Kier alpha value is -2.41. The molecule has 176 valence electrons. The maximum atomic E-state index is 13.6. The molecule has 6 nitrogen and oxygen atoms in total. The van der Waals surface area contributed by atoms with Crippen molar-refractivity contribution >= 4 is 23.4 Å². The number of likely N-dealkylation sites (tertiary alicyclic amines) is 1. The average molecular weight is 470 g/mol. The van der Waals surface area contributed by atoms with Crippen LogP contribution in [0.15, 0.2) is 54.6 Å². The first kappa shape index (κ1) is 23.7. The third-order valence-corrected chi connectivity index (χ3v) is 7.08. The van der Waals surface area contributed by atoms with Crippen LogP contribution in [0.2, 0.25) is 5.02 Å². The number of hydrogen-bond acceptors (Lipinski definition) is 4. The summed E-state index contributed by atoms with van der Waals surface area (Å²) in [6.45, 7) is 3.42.